The van der Waals surface area contributed by atoms with E-state index in [4.69, 9.17) is 0 Å². The third-order valence-corrected chi connectivity index (χ3v) is 2.49. The minimum Gasteiger partial charge on any atom is -0.377 e. The molecule has 2 rings (SSSR count). The molecule has 0 fully saturated rings. The summed E-state index contributed by atoms with van der Waals surface area (Å²) < 4.78 is 0. The Morgan fingerprint density at radius 1 is 0.688 bits per heavy atom. The fraction of sp³-hybridized carbons (Fsp3) is 0.0667. The van der Waals surface area contributed by atoms with Gasteiger partial charge in [-0.05, 0) is 17.7 Å². The van der Waals surface area contributed by atoms with E-state index in [1.54, 1.807) is 12.2 Å². The molecule has 1 heteroatoms. The van der Waals surface area contributed by atoms with Crippen LogP contribution in [-0.4, -0.2) is 10.7 Å². The van der Waals surface area contributed by atoms with Crippen molar-refractivity contribution in [3.63, 3.8) is 0 Å². The largest absolute Gasteiger partial charge is 0.377 e. The number of aliphatic hydroxyl groups is 1. The van der Waals surface area contributed by atoms with Crippen LogP contribution >= 0.6 is 0 Å². The van der Waals surface area contributed by atoms with Gasteiger partial charge in [-0.1, -0.05) is 66.8 Å². The van der Waals surface area contributed by atoms with E-state index in [0.29, 0.717) is 0 Å². The molecule has 1 unspecified atom stereocenters. The molecule has 2 aliphatic rings. The third kappa shape index (κ3) is 2.38. The topological polar surface area (TPSA) is 20.2 Å². The molecular formula is C15H14O. The fourth-order valence-corrected chi connectivity index (χ4v) is 1.62. The molecule has 0 amide bonds. The Kier molecular flexibility index (Phi) is 3.18. The summed E-state index contributed by atoms with van der Waals surface area (Å²) in [5.74, 6) is 0. The molecule has 0 aromatic heterocycles. The highest BCUT2D eigenvalue weighted by Gasteiger charge is 2.25. The van der Waals surface area contributed by atoms with E-state index in [-0.39, 0.29) is 0 Å². The molecule has 0 aliphatic heterocycles. The van der Waals surface area contributed by atoms with Gasteiger partial charge in [0.15, 0.2) is 0 Å². The van der Waals surface area contributed by atoms with Crippen LogP contribution in [0.1, 0.15) is 0 Å². The van der Waals surface area contributed by atoms with E-state index in [9.17, 15) is 5.11 Å². The van der Waals surface area contributed by atoms with Crippen molar-refractivity contribution >= 4 is 0 Å². The van der Waals surface area contributed by atoms with Crippen LogP contribution in [0.4, 0.5) is 0 Å². The lowest BCUT2D eigenvalue weighted by Gasteiger charge is -2.18. The van der Waals surface area contributed by atoms with Gasteiger partial charge in [0.1, 0.15) is 5.60 Å². The molecule has 0 aromatic rings. The first-order valence-electron chi connectivity index (χ1n) is 5.29. The molecular weight excluding hydrogens is 196 g/mol. The van der Waals surface area contributed by atoms with Crippen LogP contribution in [0.25, 0.3) is 0 Å². The molecule has 2 aliphatic carbocycles. The first-order chi connectivity index (χ1) is 7.81. The lowest BCUT2D eigenvalue weighted by Crippen LogP contribution is -2.22. The monoisotopic (exact) mass is 210 g/mol. The lowest BCUT2D eigenvalue weighted by molar-refractivity contribution is 0.188. The average molecular weight is 210 g/mol. The maximum absolute atomic E-state index is 10.3. The average Bonchev–Trinajstić information content (AvgIpc) is 2.61. The Hall–Kier alpha value is -1.86. The summed E-state index contributed by atoms with van der Waals surface area (Å²) in [5.41, 5.74) is -0.0798. The predicted molar refractivity (Wildman–Crippen MR) is 67.9 cm³/mol. The molecule has 0 aromatic carbocycles. The Morgan fingerprint density at radius 3 is 2.00 bits per heavy atom. The molecule has 0 saturated carbocycles. The van der Waals surface area contributed by atoms with Crippen LogP contribution < -0.4 is 0 Å². The van der Waals surface area contributed by atoms with Crippen LogP contribution in [-0.2, 0) is 0 Å². The molecule has 1 N–H and O–H groups in total. The second kappa shape index (κ2) is 4.77. The van der Waals surface area contributed by atoms with Gasteiger partial charge in [0.25, 0.3) is 0 Å². The second-order valence-electron chi connectivity index (χ2n) is 3.68. The summed E-state index contributed by atoms with van der Waals surface area (Å²) in [6.07, 6.45) is 24.7. The first kappa shape index (κ1) is 10.7. The maximum atomic E-state index is 10.3. The van der Waals surface area contributed by atoms with Crippen LogP contribution in [0.5, 0.6) is 0 Å². The summed E-state index contributed by atoms with van der Waals surface area (Å²) in [6, 6.07) is 0. The zero-order chi connectivity index (χ0) is 11.3. The Bertz CT molecular complexity index is 456. The molecule has 0 heterocycles. The van der Waals surface area contributed by atoms with Gasteiger partial charge in [-0.15, -0.1) is 0 Å². The van der Waals surface area contributed by atoms with Crippen molar-refractivity contribution in [3.8, 4) is 0 Å². The first-order valence-corrected chi connectivity index (χ1v) is 5.29. The summed E-state index contributed by atoms with van der Waals surface area (Å²) >= 11 is 0. The normalized spacial score (nSPS) is 37.4. The van der Waals surface area contributed by atoms with Crippen molar-refractivity contribution in [1.82, 2.24) is 0 Å². The van der Waals surface area contributed by atoms with Crippen molar-refractivity contribution in [1.29, 1.82) is 0 Å². The van der Waals surface area contributed by atoms with Crippen molar-refractivity contribution in [2.24, 2.45) is 0 Å². The van der Waals surface area contributed by atoms with E-state index < -0.39 is 5.60 Å². The summed E-state index contributed by atoms with van der Waals surface area (Å²) in [7, 11) is 0. The minimum absolute atomic E-state index is 0.881. The van der Waals surface area contributed by atoms with Gasteiger partial charge in [0, 0.05) is 0 Å². The van der Waals surface area contributed by atoms with E-state index in [2.05, 4.69) is 0 Å². The van der Waals surface area contributed by atoms with E-state index in [1.807, 2.05) is 66.8 Å². The third-order valence-electron chi connectivity index (χ3n) is 2.49. The molecule has 80 valence electrons. The van der Waals surface area contributed by atoms with Gasteiger partial charge < -0.3 is 5.11 Å². The lowest BCUT2D eigenvalue weighted by atomic mass is 9.96. The van der Waals surface area contributed by atoms with E-state index >= 15 is 0 Å². The highest BCUT2D eigenvalue weighted by molar-refractivity contribution is 5.48. The molecule has 0 saturated heterocycles. The standard InChI is InChI=1S/C15H14O/c16-15-12-8-6-4-2-1-3-5-7-10-14(15)11-9-13-15/h1-13,16H/b2-1-,5-3-,6-4-,10-7-,12-8-. The maximum Gasteiger partial charge on any atom is 0.127 e. The molecule has 16 heavy (non-hydrogen) atoms. The van der Waals surface area contributed by atoms with E-state index in [0.717, 1.165) is 5.57 Å². The smallest absolute Gasteiger partial charge is 0.127 e. The van der Waals surface area contributed by atoms with Crippen molar-refractivity contribution in [2.45, 2.75) is 5.60 Å². The Balaban J connectivity index is 2.34. The highest BCUT2D eigenvalue weighted by Crippen LogP contribution is 2.27. The van der Waals surface area contributed by atoms with Gasteiger partial charge >= 0.3 is 0 Å². The van der Waals surface area contributed by atoms with Gasteiger partial charge in [0.2, 0.25) is 0 Å². The SMILES string of the molecule is OC12C=CC=C1\C=C/C=C\C=C/C=C\C=C/2. The summed E-state index contributed by atoms with van der Waals surface area (Å²) in [4.78, 5) is 0. The zero-order valence-corrected chi connectivity index (χ0v) is 8.95. The number of rotatable bonds is 0. The predicted octanol–water partition coefficient (Wildman–Crippen LogP) is 3.01. The number of hydrogen-bond acceptors (Lipinski definition) is 1. The Labute approximate surface area is 95.8 Å². The van der Waals surface area contributed by atoms with E-state index in [1.165, 1.54) is 0 Å². The second-order valence-corrected chi connectivity index (χ2v) is 3.68. The molecule has 0 bridgehead atoms. The number of allylic oxidation sites excluding steroid dienone is 10. The molecule has 0 spiro atoms. The van der Waals surface area contributed by atoms with Gasteiger partial charge in [-0.2, -0.15) is 0 Å². The van der Waals surface area contributed by atoms with Crippen LogP contribution in [0.2, 0.25) is 0 Å². The molecule has 0 radical (unpaired) electrons. The quantitative estimate of drug-likeness (QED) is 0.651. The molecule has 1 atom stereocenters. The van der Waals surface area contributed by atoms with Gasteiger partial charge in [0.05, 0.1) is 0 Å². The van der Waals surface area contributed by atoms with Crippen LogP contribution in [0.3, 0.4) is 0 Å². The van der Waals surface area contributed by atoms with Gasteiger partial charge in [-0.3, -0.25) is 0 Å². The van der Waals surface area contributed by atoms with Crippen molar-refractivity contribution in [2.75, 3.05) is 0 Å². The van der Waals surface area contributed by atoms with Gasteiger partial charge in [-0.25, -0.2) is 0 Å². The van der Waals surface area contributed by atoms with Crippen LogP contribution in [0.15, 0.2) is 84.6 Å². The zero-order valence-electron chi connectivity index (χ0n) is 8.95. The molecule has 1 nitrogen and oxygen atoms in total. The van der Waals surface area contributed by atoms with Crippen LogP contribution in [0, 0.1) is 0 Å². The highest BCUT2D eigenvalue weighted by atomic mass is 16.3. The number of hydrogen-bond donors (Lipinski definition) is 1. The van der Waals surface area contributed by atoms with Crippen molar-refractivity contribution < 1.29 is 5.11 Å². The number of fused-ring (bicyclic) bond motifs is 1. The minimum atomic E-state index is -0.961. The summed E-state index contributed by atoms with van der Waals surface area (Å²) in [5, 5.41) is 10.3. The summed E-state index contributed by atoms with van der Waals surface area (Å²) in [6.45, 7) is 0. The van der Waals surface area contributed by atoms with Crippen molar-refractivity contribution in [3.05, 3.63) is 84.6 Å². The Morgan fingerprint density at radius 2 is 1.25 bits per heavy atom. The fourth-order valence-electron chi connectivity index (χ4n) is 1.62.